The number of hydrogen-bond donors (Lipinski definition) is 2. The topological polar surface area (TPSA) is 76.2 Å². The number of nitrogens with zero attached hydrogens (tertiary/aromatic N) is 1. The molecule has 0 radical (unpaired) electrons. The summed E-state index contributed by atoms with van der Waals surface area (Å²) < 4.78 is 0. The zero-order valence-electron chi connectivity index (χ0n) is 9.23. The molecule has 0 saturated heterocycles. The van der Waals surface area contributed by atoms with Crippen LogP contribution in [0.4, 0.5) is 5.69 Å². The van der Waals surface area contributed by atoms with E-state index in [1.165, 1.54) is 0 Å². The van der Waals surface area contributed by atoms with Crippen molar-refractivity contribution in [3.05, 3.63) is 29.5 Å². The van der Waals surface area contributed by atoms with E-state index in [1.54, 1.807) is 18.2 Å². The molecule has 86 valence electrons. The van der Waals surface area contributed by atoms with E-state index in [0.717, 1.165) is 23.9 Å². The molecule has 0 fully saturated rings. The van der Waals surface area contributed by atoms with Crippen molar-refractivity contribution < 1.29 is 9.90 Å². The Kier molecular flexibility index (Phi) is 2.04. The minimum absolute atomic E-state index is 0.0752. The molecule has 3 N–H and O–H groups in total. The summed E-state index contributed by atoms with van der Waals surface area (Å²) in [4.78, 5) is 16.3. The molecule has 0 spiro atoms. The van der Waals surface area contributed by atoms with Crippen LogP contribution in [0.3, 0.4) is 0 Å². The Bertz CT molecular complexity index is 635. The first kappa shape index (κ1) is 10.1. The number of hydrogen-bond acceptors (Lipinski definition) is 4. The number of nitrogen functional groups attached to an aromatic ring is 1. The van der Waals surface area contributed by atoms with Crippen LogP contribution < -0.4 is 5.73 Å². The van der Waals surface area contributed by atoms with E-state index < -0.39 is 0 Å². The molecule has 0 unspecified atom stereocenters. The molecule has 0 aliphatic heterocycles. The quantitative estimate of drug-likeness (QED) is 0.723. The van der Waals surface area contributed by atoms with Crippen LogP contribution in [0.25, 0.3) is 10.9 Å². The van der Waals surface area contributed by atoms with E-state index in [0.29, 0.717) is 23.2 Å². The number of phenols is 1. The Morgan fingerprint density at radius 2 is 2.12 bits per heavy atom. The fourth-order valence-electron chi connectivity index (χ4n) is 2.37. The normalized spacial score (nSPS) is 14.9. The highest BCUT2D eigenvalue weighted by molar-refractivity contribution is 6.09. The van der Waals surface area contributed by atoms with Gasteiger partial charge in [-0.3, -0.25) is 9.78 Å². The number of benzene rings is 1. The lowest BCUT2D eigenvalue weighted by molar-refractivity contribution is 0.0973. The van der Waals surface area contributed by atoms with Crippen molar-refractivity contribution in [1.82, 2.24) is 4.98 Å². The van der Waals surface area contributed by atoms with E-state index >= 15 is 0 Å². The maximum atomic E-state index is 11.8. The van der Waals surface area contributed by atoms with Gasteiger partial charge in [-0.05, 0) is 25.0 Å². The van der Waals surface area contributed by atoms with Gasteiger partial charge in [-0.1, -0.05) is 0 Å². The van der Waals surface area contributed by atoms with Gasteiger partial charge in [0.1, 0.15) is 5.75 Å². The van der Waals surface area contributed by atoms with E-state index in [2.05, 4.69) is 4.98 Å². The lowest BCUT2D eigenvalue weighted by Crippen LogP contribution is -2.15. The first-order chi connectivity index (χ1) is 8.16. The number of aryl methyl sites for hydroxylation is 1. The molecule has 4 nitrogen and oxygen atoms in total. The number of phenolic OH excluding ortho intramolecular Hbond substituents is 1. The average molecular weight is 228 g/mol. The molecule has 17 heavy (non-hydrogen) atoms. The highest BCUT2D eigenvalue weighted by Crippen LogP contribution is 2.32. The van der Waals surface area contributed by atoms with Gasteiger partial charge in [0.05, 0.1) is 22.5 Å². The van der Waals surface area contributed by atoms with Crippen molar-refractivity contribution in [2.24, 2.45) is 0 Å². The number of carbonyl (C=O) groups excluding carboxylic acids is 1. The predicted octanol–water partition coefficient (Wildman–Crippen LogP) is 2.04. The van der Waals surface area contributed by atoms with Crippen LogP contribution in [0.1, 0.15) is 28.9 Å². The van der Waals surface area contributed by atoms with Gasteiger partial charge in [-0.25, -0.2) is 0 Å². The van der Waals surface area contributed by atoms with Crippen molar-refractivity contribution in [1.29, 1.82) is 0 Å². The Morgan fingerprint density at radius 3 is 2.94 bits per heavy atom. The summed E-state index contributed by atoms with van der Waals surface area (Å²) in [6.07, 6.45) is 2.14. The summed E-state index contributed by atoms with van der Waals surface area (Å²) in [7, 11) is 0. The smallest absolute Gasteiger partial charge is 0.166 e. The number of Topliss-reactive ketones (excluding diaryl/α,β-unsaturated/α-hetero) is 1. The number of aromatic hydroxyl groups is 1. The number of carbonyl (C=O) groups is 1. The van der Waals surface area contributed by atoms with Crippen LogP contribution in [-0.2, 0) is 6.42 Å². The van der Waals surface area contributed by atoms with Gasteiger partial charge in [0.25, 0.3) is 0 Å². The summed E-state index contributed by atoms with van der Waals surface area (Å²) in [6.45, 7) is 0. The number of ketones is 1. The third-order valence-corrected chi connectivity index (χ3v) is 3.18. The molecule has 1 aromatic heterocycles. The molecular weight excluding hydrogens is 216 g/mol. The molecule has 4 heteroatoms. The molecule has 1 aromatic carbocycles. The Balaban J connectivity index is 2.39. The fraction of sp³-hybridized carbons (Fsp3) is 0.231. The third kappa shape index (κ3) is 1.45. The van der Waals surface area contributed by atoms with Crippen LogP contribution in [0, 0.1) is 0 Å². The van der Waals surface area contributed by atoms with Gasteiger partial charge in [0.2, 0.25) is 0 Å². The van der Waals surface area contributed by atoms with E-state index in [4.69, 9.17) is 5.73 Å². The predicted molar refractivity (Wildman–Crippen MR) is 65.1 cm³/mol. The molecule has 0 saturated carbocycles. The summed E-state index contributed by atoms with van der Waals surface area (Å²) >= 11 is 0. The Hall–Kier alpha value is -2.10. The minimum atomic E-state index is 0.0752. The monoisotopic (exact) mass is 228 g/mol. The molecule has 1 aliphatic carbocycles. The lowest BCUT2D eigenvalue weighted by atomic mass is 9.92. The van der Waals surface area contributed by atoms with Crippen molar-refractivity contribution >= 4 is 22.4 Å². The van der Waals surface area contributed by atoms with Gasteiger partial charge < -0.3 is 10.8 Å². The highest BCUT2D eigenvalue weighted by Gasteiger charge is 2.22. The lowest BCUT2D eigenvalue weighted by Gasteiger charge is -2.17. The van der Waals surface area contributed by atoms with Crippen LogP contribution in [0.15, 0.2) is 18.2 Å². The second-order valence-corrected chi connectivity index (χ2v) is 4.33. The van der Waals surface area contributed by atoms with Crippen LogP contribution in [0.2, 0.25) is 0 Å². The first-order valence-corrected chi connectivity index (χ1v) is 5.61. The number of pyridine rings is 1. The standard InChI is InChI=1S/C13H12N2O2/c14-13-8-5-4-7(16)6-10(8)15-9-2-1-3-11(17)12(9)13/h4-6,16H,1-3H2,(H2,14,15). The SMILES string of the molecule is Nc1c2c(nc3cc(O)ccc13)CCCC2=O. The van der Waals surface area contributed by atoms with Crippen LogP contribution in [-0.4, -0.2) is 15.9 Å². The fourth-order valence-corrected chi connectivity index (χ4v) is 2.37. The number of aromatic nitrogens is 1. The summed E-state index contributed by atoms with van der Waals surface area (Å²) in [5.41, 5.74) is 8.52. The second-order valence-electron chi connectivity index (χ2n) is 4.33. The number of rotatable bonds is 0. The van der Waals surface area contributed by atoms with Gasteiger partial charge in [-0.15, -0.1) is 0 Å². The third-order valence-electron chi connectivity index (χ3n) is 3.18. The first-order valence-electron chi connectivity index (χ1n) is 5.61. The molecule has 1 heterocycles. The largest absolute Gasteiger partial charge is 0.508 e. The van der Waals surface area contributed by atoms with Gasteiger partial charge in [0, 0.05) is 17.9 Å². The van der Waals surface area contributed by atoms with Crippen molar-refractivity contribution in [3.63, 3.8) is 0 Å². The van der Waals surface area contributed by atoms with Crippen molar-refractivity contribution in [3.8, 4) is 5.75 Å². The Morgan fingerprint density at radius 1 is 1.29 bits per heavy atom. The van der Waals surface area contributed by atoms with Crippen molar-refractivity contribution in [2.75, 3.05) is 5.73 Å². The molecule has 0 amide bonds. The molecule has 0 atom stereocenters. The highest BCUT2D eigenvalue weighted by atomic mass is 16.3. The number of fused-ring (bicyclic) bond motifs is 2. The van der Waals surface area contributed by atoms with Crippen molar-refractivity contribution in [2.45, 2.75) is 19.3 Å². The molecule has 0 bridgehead atoms. The maximum Gasteiger partial charge on any atom is 0.166 e. The zero-order valence-corrected chi connectivity index (χ0v) is 9.23. The Labute approximate surface area is 98.1 Å². The van der Waals surface area contributed by atoms with Gasteiger partial charge >= 0.3 is 0 Å². The molecule has 3 rings (SSSR count). The number of anilines is 1. The molecule has 1 aliphatic rings. The van der Waals surface area contributed by atoms with Crippen LogP contribution >= 0.6 is 0 Å². The van der Waals surface area contributed by atoms with Crippen LogP contribution in [0.5, 0.6) is 5.75 Å². The molecular formula is C13H12N2O2. The second kappa shape index (κ2) is 3.45. The van der Waals surface area contributed by atoms with Gasteiger partial charge in [-0.2, -0.15) is 0 Å². The zero-order chi connectivity index (χ0) is 12.0. The van der Waals surface area contributed by atoms with E-state index in [9.17, 15) is 9.90 Å². The summed E-state index contributed by atoms with van der Waals surface area (Å²) in [5.74, 6) is 0.234. The summed E-state index contributed by atoms with van der Waals surface area (Å²) in [6, 6.07) is 4.83. The van der Waals surface area contributed by atoms with Gasteiger partial charge in [0.15, 0.2) is 5.78 Å². The average Bonchev–Trinajstić information content (AvgIpc) is 2.28. The number of nitrogens with two attached hydrogens (primary N) is 1. The summed E-state index contributed by atoms with van der Waals surface area (Å²) in [5, 5.41) is 10.2. The minimum Gasteiger partial charge on any atom is -0.508 e. The molecule has 2 aromatic rings. The van der Waals surface area contributed by atoms with E-state index in [-0.39, 0.29) is 11.5 Å². The maximum absolute atomic E-state index is 11.8. The van der Waals surface area contributed by atoms with E-state index in [1.807, 2.05) is 0 Å².